The number of carbonyl (C=O) groups is 4. The van der Waals surface area contributed by atoms with E-state index in [-0.39, 0.29) is 42.3 Å². The van der Waals surface area contributed by atoms with Crippen molar-refractivity contribution in [3.63, 3.8) is 0 Å². The van der Waals surface area contributed by atoms with Crippen LogP contribution in [0.15, 0.2) is 48.6 Å². The minimum Gasteiger partial charge on any atom is -0.463 e. The molecule has 0 spiro atoms. The Balaban J connectivity index is 1.74. The van der Waals surface area contributed by atoms with E-state index in [2.05, 4.69) is 26.9 Å². The summed E-state index contributed by atoms with van der Waals surface area (Å²) in [6.07, 6.45) is 3.92. The van der Waals surface area contributed by atoms with E-state index in [1.54, 1.807) is 6.92 Å². The molecule has 12 heteroatoms. The highest BCUT2D eigenvalue weighted by molar-refractivity contribution is 5.97. The molecule has 3 amide bonds. The first-order valence-electron chi connectivity index (χ1n) is 12.6. The highest BCUT2D eigenvalue weighted by atomic mass is 19.4. The molecule has 3 atom stereocenters. The lowest BCUT2D eigenvalue weighted by Crippen LogP contribution is -2.49. The number of amides is 3. The van der Waals surface area contributed by atoms with Gasteiger partial charge in [0.05, 0.1) is 12.2 Å². The van der Waals surface area contributed by atoms with Gasteiger partial charge in [0, 0.05) is 42.3 Å². The summed E-state index contributed by atoms with van der Waals surface area (Å²) in [5.74, 6) is -0.311. The van der Waals surface area contributed by atoms with E-state index in [4.69, 9.17) is 11.2 Å². The van der Waals surface area contributed by atoms with Gasteiger partial charge >= 0.3 is 12.1 Å². The molecule has 1 aliphatic heterocycles. The van der Waals surface area contributed by atoms with Crippen molar-refractivity contribution in [3.05, 3.63) is 59.8 Å². The molecule has 2 aromatic rings. The molecular weight excluding hydrogens is 529 g/mol. The molecule has 0 radical (unpaired) electrons. The van der Waals surface area contributed by atoms with Crippen molar-refractivity contribution in [1.29, 1.82) is 0 Å². The van der Waals surface area contributed by atoms with Gasteiger partial charge in [-0.1, -0.05) is 24.3 Å². The number of halogens is 3. The summed E-state index contributed by atoms with van der Waals surface area (Å²) in [6, 6.07) is 5.59. The van der Waals surface area contributed by atoms with Crippen LogP contribution < -0.4 is 16.0 Å². The van der Waals surface area contributed by atoms with Crippen LogP contribution in [0.1, 0.15) is 42.2 Å². The molecule has 2 heterocycles. The molecule has 0 aliphatic carbocycles. The minimum atomic E-state index is -4.60. The summed E-state index contributed by atoms with van der Waals surface area (Å²) in [5.41, 5.74) is -1.02. The topological polar surface area (TPSA) is 129 Å². The van der Waals surface area contributed by atoms with Crippen molar-refractivity contribution in [2.45, 2.75) is 44.4 Å². The largest absolute Gasteiger partial charge is 0.463 e. The average Bonchev–Trinajstić information content (AvgIpc) is 3.56. The van der Waals surface area contributed by atoms with Crippen LogP contribution in [0.2, 0.25) is 0 Å². The quantitative estimate of drug-likeness (QED) is 0.192. The first-order chi connectivity index (χ1) is 19.0. The third-order valence-electron chi connectivity index (χ3n) is 6.18. The molecule has 1 aliphatic rings. The standard InChI is InChI=1S/C28H29F3N4O5/c1-3-7-22(26(38)33-18(10-13-24(36)40-4-2)16-17-14-15-32-25(17)37)35-27(39)23-12-11-21(34-23)19-8-5-6-9-20(19)28(29,30)31/h1,5-6,8-13,17-18,22,34H,4,7,14-16H2,2H3,(H,32,37)(H,33,38)(H,35,39)/t17-,18+,22-/m0/s1. The summed E-state index contributed by atoms with van der Waals surface area (Å²) < 4.78 is 45.2. The lowest BCUT2D eigenvalue weighted by Gasteiger charge is -2.22. The van der Waals surface area contributed by atoms with E-state index >= 15 is 0 Å². The number of alkyl halides is 3. The van der Waals surface area contributed by atoms with Crippen molar-refractivity contribution >= 4 is 23.7 Å². The van der Waals surface area contributed by atoms with Crippen LogP contribution in [0.25, 0.3) is 11.3 Å². The van der Waals surface area contributed by atoms with Gasteiger partial charge in [-0.05, 0) is 38.0 Å². The Bertz CT molecular complexity index is 1310. The van der Waals surface area contributed by atoms with Gasteiger partial charge in [-0.15, -0.1) is 12.3 Å². The van der Waals surface area contributed by atoms with Gasteiger partial charge in [0.1, 0.15) is 11.7 Å². The number of H-pyrrole nitrogens is 1. The van der Waals surface area contributed by atoms with Crippen molar-refractivity contribution in [2.75, 3.05) is 13.2 Å². The zero-order valence-electron chi connectivity index (χ0n) is 21.6. The Labute approximate surface area is 228 Å². The second-order valence-electron chi connectivity index (χ2n) is 9.00. The number of terminal acetylenes is 1. The molecule has 1 fully saturated rings. The Morgan fingerprint density at radius 1 is 1.20 bits per heavy atom. The van der Waals surface area contributed by atoms with E-state index < -0.39 is 47.5 Å². The number of rotatable bonds is 11. The van der Waals surface area contributed by atoms with E-state index in [9.17, 15) is 32.3 Å². The fourth-order valence-corrected chi connectivity index (χ4v) is 4.24. The van der Waals surface area contributed by atoms with E-state index in [1.165, 1.54) is 36.4 Å². The van der Waals surface area contributed by atoms with Crippen LogP contribution in [0, 0.1) is 18.3 Å². The van der Waals surface area contributed by atoms with Gasteiger partial charge in [0.2, 0.25) is 11.8 Å². The fourth-order valence-electron chi connectivity index (χ4n) is 4.24. The molecule has 9 nitrogen and oxygen atoms in total. The van der Waals surface area contributed by atoms with Crippen LogP contribution in [-0.4, -0.2) is 53.9 Å². The molecule has 3 rings (SSSR count). The lowest BCUT2D eigenvalue weighted by molar-refractivity contribution is -0.138. The first kappa shape index (κ1) is 30.0. The maximum atomic E-state index is 13.4. The van der Waals surface area contributed by atoms with Gasteiger partial charge in [-0.25, -0.2) is 4.79 Å². The Morgan fingerprint density at radius 2 is 1.95 bits per heavy atom. The number of hydrogen-bond donors (Lipinski definition) is 4. The monoisotopic (exact) mass is 558 g/mol. The Kier molecular flexibility index (Phi) is 10.1. The van der Waals surface area contributed by atoms with Crippen LogP contribution in [0.3, 0.4) is 0 Å². The summed E-state index contributed by atoms with van der Waals surface area (Å²) in [5, 5.41) is 7.90. The van der Waals surface area contributed by atoms with E-state index in [1.807, 2.05) is 0 Å². The summed E-state index contributed by atoms with van der Waals surface area (Å²) in [7, 11) is 0. The van der Waals surface area contributed by atoms with Gasteiger partial charge < -0.3 is 25.7 Å². The highest BCUT2D eigenvalue weighted by Gasteiger charge is 2.34. The molecule has 0 unspecified atom stereocenters. The molecular formula is C28H29F3N4O5. The third kappa shape index (κ3) is 7.99. The predicted octanol–water partition coefficient (Wildman–Crippen LogP) is 2.95. The number of aromatic nitrogens is 1. The first-order valence-corrected chi connectivity index (χ1v) is 12.6. The zero-order chi connectivity index (χ0) is 29.3. The highest BCUT2D eigenvalue weighted by Crippen LogP contribution is 2.36. The number of nitrogens with one attached hydrogen (secondary N) is 4. The fraction of sp³-hybridized carbons (Fsp3) is 0.357. The Morgan fingerprint density at radius 3 is 2.60 bits per heavy atom. The van der Waals surface area contributed by atoms with Crippen molar-refractivity contribution in [1.82, 2.24) is 20.9 Å². The molecule has 1 aromatic heterocycles. The average molecular weight is 559 g/mol. The van der Waals surface area contributed by atoms with Gasteiger partial charge in [-0.3, -0.25) is 14.4 Å². The maximum absolute atomic E-state index is 13.4. The molecule has 212 valence electrons. The van der Waals surface area contributed by atoms with Gasteiger partial charge in [0.25, 0.3) is 5.91 Å². The second kappa shape index (κ2) is 13.5. The molecule has 0 bridgehead atoms. The minimum absolute atomic E-state index is 0.0648. The SMILES string of the molecule is C#CC[C@H](NC(=O)c1ccc(-c2ccccc2C(F)(F)F)[nH]1)C(=O)N[C@H](C=CC(=O)OCC)C[C@@H]1CCNC1=O. The van der Waals surface area contributed by atoms with E-state index in [0.717, 1.165) is 12.1 Å². The van der Waals surface area contributed by atoms with Gasteiger partial charge in [0.15, 0.2) is 0 Å². The summed E-state index contributed by atoms with van der Waals surface area (Å²) >= 11 is 0. The lowest BCUT2D eigenvalue weighted by atomic mass is 9.97. The van der Waals surface area contributed by atoms with Crippen LogP contribution in [-0.2, 0) is 25.3 Å². The van der Waals surface area contributed by atoms with Crippen molar-refractivity contribution in [2.24, 2.45) is 5.92 Å². The number of hydrogen-bond acceptors (Lipinski definition) is 5. The number of esters is 1. The maximum Gasteiger partial charge on any atom is 0.417 e. The van der Waals surface area contributed by atoms with E-state index in [0.29, 0.717) is 13.0 Å². The normalized spacial score (nSPS) is 16.6. The van der Waals surface area contributed by atoms with Crippen molar-refractivity contribution in [3.8, 4) is 23.6 Å². The molecule has 4 N–H and O–H groups in total. The molecule has 0 saturated carbocycles. The number of benzene rings is 1. The van der Waals surface area contributed by atoms with Gasteiger partial charge in [-0.2, -0.15) is 13.2 Å². The Hall–Kier alpha value is -4.53. The van der Waals surface area contributed by atoms with Crippen molar-refractivity contribution < 1.29 is 37.1 Å². The zero-order valence-corrected chi connectivity index (χ0v) is 21.6. The summed E-state index contributed by atoms with van der Waals surface area (Å²) in [6.45, 7) is 2.29. The molecule has 1 saturated heterocycles. The number of aromatic amines is 1. The van der Waals surface area contributed by atoms with Crippen LogP contribution in [0.4, 0.5) is 13.2 Å². The summed E-state index contributed by atoms with van der Waals surface area (Å²) in [4.78, 5) is 52.6. The molecule has 1 aromatic carbocycles. The molecule has 40 heavy (non-hydrogen) atoms. The van der Waals surface area contributed by atoms with Crippen LogP contribution in [0.5, 0.6) is 0 Å². The predicted molar refractivity (Wildman–Crippen MR) is 139 cm³/mol. The number of carbonyl (C=O) groups excluding carboxylic acids is 4. The third-order valence-corrected chi connectivity index (χ3v) is 6.18. The second-order valence-corrected chi connectivity index (χ2v) is 9.00. The number of ether oxygens (including phenoxy) is 1. The van der Waals surface area contributed by atoms with Crippen LogP contribution >= 0.6 is 0 Å². The smallest absolute Gasteiger partial charge is 0.417 e.